The maximum absolute atomic E-state index is 5.54. The van der Waals surface area contributed by atoms with Gasteiger partial charge in [0.2, 0.25) is 0 Å². The summed E-state index contributed by atoms with van der Waals surface area (Å²) in [6, 6.07) is 0. The van der Waals surface area contributed by atoms with Gasteiger partial charge >= 0.3 is 0 Å². The van der Waals surface area contributed by atoms with Crippen LogP contribution in [0.1, 0.15) is 22.7 Å². The predicted molar refractivity (Wildman–Crippen MR) is 59.2 cm³/mol. The minimum atomic E-state index is 0.634. The highest BCUT2D eigenvalue weighted by Gasteiger charge is 2.17. The molecule has 0 aromatic carbocycles. The fourth-order valence-electron chi connectivity index (χ4n) is 1.54. The monoisotopic (exact) mass is 214 g/mol. The van der Waals surface area contributed by atoms with Crippen molar-refractivity contribution in [3.05, 3.63) is 16.1 Å². The van der Waals surface area contributed by atoms with Gasteiger partial charge in [0.05, 0.1) is 5.01 Å². The van der Waals surface area contributed by atoms with E-state index in [1.165, 1.54) is 28.5 Å². The number of aromatic nitrogens is 1. The molecule has 1 aromatic heterocycles. The average molecular weight is 214 g/mol. The normalized spacial score (nSPS) is 22.4. The Morgan fingerprint density at radius 3 is 3.15 bits per heavy atom. The van der Waals surface area contributed by atoms with Crippen molar-refractivity contribution in [3.63, 3.8) is 0 Å². The lowest BCUT2D eigenvalue weighted by Crippen LogP contribution is -2.00. The lowest BCUT2D eigenvalue weighted by molar-refractivity contribution is 0.773. The largest absolute Gasteiger partial charge is 0.326 e. The van der Waals surface area contributed by atoms with Crippen molar-refractivity contribution in [2.24, 2.45) is 5.73 Å². The van der Waals surface area contributed by atoms with Crippen molar-refractivity contribution in [2.45, 2.75) is 31.1 Å². The van der Waals surface area contributed by atoms with Crippen molar-refractivity contribution in [1.29, 1.82) is 0 Å². The molecule has 2 nitrogen and oxygen atoms in total. The van der Waals surface area contributed by atoms with Crippen LogP contribution in [-0.2, 0) is 13.0 Å². The molecule has 0 spiro atoms. The number of hydrogen-bond acceptors (Lipinski definition) is 4. The van der Waals surface area contributed by atoms with Gasteiger partial charge in [0.15, 0.2) is 0 Å². The molecule has 1 saturated heterocycles. The Morgan fingerprint density at radius 2 is 2.54 bits per heavy atom. The van der Waals surface area contributed by atoms with Gasteiger partial charge in [-0.1, -0.05) is 0 Å². The smallest absolute Gasteiger partial charge is 0.0939 e. The molecule has 1 atom stereocenters. The molecule has 2 N–H and O–H groups in total. The van der Waals surface area contributed by atoms with E-state index in [-0.39, 0.29) is 0 Å². The summed E-state index contributed by atoms with van der Waals surface area (Å²) in [7, 11) is 0. The second-order valence-corrected chi connectivity index (χ2v) is 5.87. The maximum atomic E-state index is 5.54. The van der Waals surface area contributed by atoms with Crippen LogP contribution in [0.2, 0.25) is 0 Å². The Kier molecular flexibility index (Phi) is 3.24. The molecule has 1 aliphatic rings. The minimum Gasteiger partial charge on any atom is -0.326 e. The molecular formula is C9H14N2S2. The van der Waals surface area contributed by atoms with Gasteiger partial charge in [-0.15, -0.1) is 11.3 Å². The summed E-state index contributed by atoms with van der Waals surface area (Å²) >= 11 is 3.86. The average Bonchev–Trinajstić information content (AvgIpc) is 2.76. The Morgan fingerprint density at radius 1 is 1.62 bits per heavy atom. The summed E-state index contributed by atoms with van der Waals surface area (Å²) in [5.41, 5.74) is 5.54. The quantitative estimate of drug-likeness (QED) is 0.837. The molecule has 1 fully saturated rings. The Labute approximate surface area is 86.9 Å². The van der Waals surface area contributed by atoms with Crippen LogP contribution in [0.5, 0.6) is 0 Å². The molecule has 1 aliphatic heterocycles. The second-order valence-electron chi connectivity index (χ2n) is 3.26. The van der Waals surface area contributed by atoms with Gasteiger partial charge in [-0.3, -0.25) is 0 Å². The number of thioether (sulfide) groups is 1. The van der Waals surface area contributed by atoms with Crippen molar-refractivity contribution >= 4 is 23.1 Å². The topological polar surface area (TPSA) is 38.9 Å². The summed E-state index contributed by atoms with van der Waals surface area (Å²) in [5, 5.41) is 2.08. The Balaban J connectivity index is 1.92. The molecule has 0 amide bonds. The van der Waals surface area contributed by atoms with Crippen LogP contribution in [0.25, 0.3) is 0 Å². The van der Waals surface area contributed by atoms with Crippen molar-refractivity contribution < 1.29 is 0 Å². The lowest BCUT2D eigenvalue weighted by atomic mass is 10.2. The molecule has 2 rings (SSSR count). The van der Waals surface area contributed by atoms with Gasteiger partial charge in [0, 0.05) is 29.3 Å². The van der Waals surface area contributed by atoms with Crippen LogP contribution in [0, 0.1) is 0 Å². The zero-order valence-corrected chi connectivity index (χ0v) is 9.16. The molecule has 0 aliphatic carbocycles. The SMILES string of the molecule is NCc1cnc(CC2CCCS2)s1. The predicted octanol–water partition coefficient (Wildman–Crippen LogP) is 2.04. The highest BCUT2D eigenvalue weighted by Crippen LogP contribution is 2.29. The molecule has 72 valence electrons. The molecule has 4 heteroatoms. The van der Waals surface area contributed by atoms with Crippen molar-refractivity contribution in [2.75, 3.05) is 5.75 Å². The lowest BCUT2D eigenvalue weighted by Gasteiger charge is -2.03. The van der Waals surface area contributed by atoms with Crippen molar-refractivity contribution in [1.82, 2.24) is 4.98 Å². The Bertz CT molecular complexity index is 266. The standard InChI is InChI=1S/C9H14N2S2/c10-5-8-6-11-9(13-8)4-7-2-1-3-12-7/h6-7H,1-5,10H2. The fourth-order valence-corrected chi connectivity index (χ4v) is 3.80. The van der Waals surface area contributed by atoms with Crippen molar-refractivity contribution in [3.8, 4) is 0 Å². The molecule has 1 unspecified atom stereocenters. The first-order valence-corrected chi connectivity index (χ1v) is 6.50. The van der Waals surface area contributed by atoms with Crippen LogP contribution in [0.3, 0.4) is 0 Å². The molecule has 0 radical (unpaired) electrons. The number of thiazole rings is 1. The molecule has 0 saturated carbocycles. The van der Waals surface area contributed by atoms with E-state index in [1.54, 1.807) is 11.3 Å². The summed E-state index contributed by atoms with van der Waals surface area (Å²) in [4.78, 5) is 5.58. The summed E-state index contributed by atoms with van der Waals surface area (Å²) in [5.74, 6) is 1.33. The highest BCUT2D eigenvalue weighted by atomic mass is 32.2. The molecule has 0 bridgehead atoms. The van der Waals surface area contributed by atoms with Crippen LogP contribution >= 0.6 is 23.1 Å². The van der Waals surface area contributed by atoms with Gasteiger partial charge in [-0.05, 0) is 18.6 Å². The van der Waals surface area contributed by atoms with Gasteiger partial charge < -0.3 is 5.73 Å². The van der Waals surface area contributed by atoms with Gasteiger partial charge in [-0.25, -0.2) is 4.98 Å². The molecular weight excluding hydrogens is 200 g/mol. The first kappa shape index (κ1) is 9.49. The van der Waals surface area contributed by atoms with Gasteiger partial charge in [0.25, 0.3) is 0 Å². The summed E-state index contributed by atoms with van der Waals surface area (Å²) in [6.45, 7) is 0.634. The molecule has 1 aromatic rings. The highest BCUT2D eigenvalue weighted by molar-refractivity contribution is 8.00. The third-order valence-corrected chi connectivity index (χ3v) is 4.67. The first-order chi connectivity index (χ1) is 6.38. The Hall–Kier alpha value is -0.0600. The van der Waals surface area contributed by atoms with E-state index in [4.69, 9.17) is 5.73 Å². The van der Waals surface area contributed by atoms with E-state index in [9.17, 15) is 0 Å². The zero-order valence-electron chi connectivity index (χ0n) is 7.53. The summed E-state index contributed by atoms with van der Waals surface area (Å²) < 4.78 is 0. The third kappa shape index (κ3) is 2.45. The third-order valence-electron chi connectivity index (χ3n) is 2.23. The van der Waals surface area contributed by atoms with E-state index in [2.05, 4.69) is 16.7 Å². The second kappa shape index (κ2) is 4.44. The van der Waals surface area contributed by atoms with Crippen LogP contribution in [-0.4, -0.2) is 16.0 Å². The maximum Gasteiger partial charge on any atom is 0.0939 e. The number of nitrogens with two attached hydrogens (primary N) is 1. The molecule has 2 heterocycles. The fraction of sp³-hybridized carbons (Fsp3) is 0.667. The molecule has 13 heavy (non-hydrogen) atoms. The van der Waals surface area contributed by atoms with E-state index in [0.717, 1.165) is 11.7 Å². The first-order valence-electron chi connectivity index (χ1n) is 4.63. The van der Waals surface area contributed by atoms with Crippen LogP contribution in [0.15, 0.2) is 6.20 Å². The van der Waals surface area contributed by atoms with Gasteiger partial charge in [0.1, 0.15) is 0 Å². The van der Waals surface area contributed by atoms with E-state index in [0.29, 0.717) is 6.54 Å². The van der Waals surface area contributed by atoms with E-state index >= 15 is 0 Å². The number of nitrogens with zero attached hydrogens (tertiary/aromatic N) is 1. The summed E-state index contributed by atoms with van der Waals surface area (Å²) in [6.07, 6.45) is 5.81. The van der Waals surface area contributed by atoms with Crippen LogP contribution < -0.4 is 5.73 Å². The van der Waals surface area contributed by atoms with Gasteiger partial charge in [-0.2, -0.15) is 11.8 Å². The van der Waals surface area contributed by atoms with E-state index in [1.807, 2.05) is 6.20 Å². The van der Waals surface area contributed by atoms with Crippen LogP contribution in [0.4, 0.5) is 0 Å². The van der Waals surface area contributed by atoms with E-state index < -0.39 is 0 Å². The minimum absolute atomic E-state index is 0.634. The number of hydrogen-bond donors (Lipinski definition) is 1. The zero-order chi connectivity index (χ0) is 9.10. The number of rotatable bonds is 3.